The fraction of sp³-hybridized carbons (Fsp3) is 0.714. The summed E-state index contributed by atoms with van der Waals surface area (Å²) in [5.41, 5.74) is 1.19. The van der Waals surface area contributed by atoms with Crippen molar-refractivity contribution in [2.75, 3.05) is 17.6 Å². The topological polar surface area (TPSA) is 37.8 Å². The Morgan fingerprint density at radius 2 is 1.89 bits per heavy atom. The third-order valence-electron chi connectivity index (χ3n) is 2.70. The van der Waals surface area contributed by atoms with Crippen LogP contribution in [0.25, 0.3) is 0 Å². The first-order valence-corrected chi connectivity index (χ1v) is 7.95. The molecule has 0 amide bonds. The van der Waals surface area contributed by atoms with Crippen LogP contribution in [0.1, 0.15) is 51.4 Å². The molecule has 1 rings (SSSR count). The Labute approximate surface area is 115 Å². The lowest BCUT2D eigenvalue weighted by Crippen LogP contribution is -2.07. The molecule has 0 aromatic carbocycles. The van der Waals surface area contributed by atoms with Crippen molar-refractivity contribution in [2.45, 2.75) is 58.4 Å². The molecule has 1 aromatic heterocycles. The molecule has 0 spiro atoms. The second kappa shape index (κ2) is 8.35. The SMILES string of the molecule is CCCCSc1nc(CCC)nc(NCC)c1C. The lowest BCUT2D eigenvalue weighted by Gasteiger charge is -2.12. The molecule has 0 aliphatic carbocycles. The van der Waals surface area contributed by atoms with Crippen molar-refractivity contribution in [1.29, 1.82) is 0 Å². The summed E-state index contributed by atoms with van der Waals surface area (Å²) in [5, 5.41) is 4.49. The van der Waals surface area contributed by atoms with Gasteiger partial charge in [-0.2, -0.15) is 0 Å². The number of hydrogen-bond donors (Lipinski definition) is 1. The summed E-state index contributed by atoms with van der Waals surface area (Å²) in [6.07, 6.45) is 4.53. The molecule has 0 aliphatic rings. The van der Waals surface area contributed by atoms with E-state index in [-0.39, 0.29) is 0 Å². The summed E-state index contributed by atoms with van der Waals surface area (Å²) in [6.45, 7) is 9.51. The van der Waals surface area contributed by atoms with Gasteiger partial charge in [0, 0.05) is 18.5 Å². The first kappa shape index (κ1) is 15.3. The van der Waals surface area contributed by atoms with Crippen molar-refractivity contribution in [3.63, 3.8) is 0 Å². The van der Waals surface area contributed by atoms with Crippen LogP contribution in [-0.2, 0) is 6.42 Å². The van der Waals surface area contributed by atoms with Gasteiger partial charge in [-0.25, -0.2) is 9.97 Å². The maximum atomic E-state index is 4.69. The van der Waals surface area contributed by atoms with Crippen LogP contribution in [0.4, 0.5) is 5.82 Å². The largest absolute Gasteiger partial charge is 0.370 e. The van der Waals surface area contributed by atoms with Gasteiger partial charge in [-0.05, 0) is 32.4 Å². The van der Waals surface area contributed by atoms with E-state index in [1.54, 1.807) is 0 Å². The second-order valence-corrected chi connectivity index (χ2v) is 5.48. The monoisotopic (exact) mass is 267 g/mol. The van der Waals surface area contributed by atoms with E-state index >= 15 is 0 Å². The van der Waals surface area contributed by atoms with E-state index in [1.165, 1.54) is 18.4 Å². The summed E-state index contributed by atoms with van der Waals surface area (Å²) in [7, 11) is 0. The summed E-state index contributed by atoms with van der Waals surface area (Å²) in [4.78, 5) is 9.29. The van der Waals surface area contributed by atoms with Gasteiger partial charge in [0.1, 0.15) is 16.7 Å². The van der Waals surface area contributed by atoms with Gasteiger partial charge in [0.05, 0.1) is 0 Å². The maximum Gasteiger partial charge on any atom is 0.133 e. The highest BCUT2D eigenvalue weighted by atomic mass is 32.2. The van der Waals surface area contributed by atoms with Crippen molar-refractivity contribution in [1.82, 2.24) is 9.97 Å². The van der Waals surface area contributed by atoms with Crippen molar-refractivity contribution in [3.8, 4) is 0 Å². The molecule has 1 N–H and O–H groups in total. The zero-order chi connectivity index (χ0) is 13.4. The Balaban J connectivity index is 2.90. The van der Waals surface area contributed by atoms with Crippen LogP contribution < -0.4 is 5.32 Å². The summed E-state index contributed by atoms with van der Waals surface area (Å²) in [6, 6.07) is 0. The van der Waals surface area contributed by atoms with Gasteiger partial charge in [0.25, 0.3) is 0 Å². The molecule has 3 nitrogen and oxygen atoms in total. The minimum absolute atomic E-state index is 0.905. The molecule has 0 bridgehead atoms. The minimum atomic E-state index is 0.905. The van der Waals surface area contributed by atoms with Gasteiger partial charge in [0.15, 0.2) is 0 Å². The molecule has 0 saturated carbocycles. The van der Waals surface area contributed by atoms with E-state index in [4.69, 9.17) is 0 Å². The summed E-state index contributed by atoms with van der Waals surface area (Å²) >= 11 is 1.86. The highest BCUT2D eigenvalue weighted by Crippen LogP contribution is 2.26. The van der Waals surface area contributed by atoms with Crippen LogP contribution in [0.15, 0.2) is 5.03 Å². The standard InChI is InChI=1S/C14H25N3S/c1-5-8-10-18-14-11(4)13(15-7-3)16-12(17-14)9-6-2/h5-10H2,1-4H3,(H,15,16,17). The maximum absolute atomic E-state index is 4.69. The third-order valence-corrected chi connectivity index (χ3v) is 3.87. The highest BCUT2D eigenvalue weighted by Gasteiger charge is 2.10. The smallest absolute Gasteiger partial charge is 0.133 e. The highest BCUT2D eigenvalue weighted by molar-refractivity contribution is 7.99. The summed E-state index contributed by atoms with van der Waals surface area (Å²) in [5.74, 6) is 3.12. The van der Waals surface area contributed by atoms with Crippen LogP contribution in [0, 0.1) is 6.92 Å². The number of anilines is 1. The normalized spacial score (nSPS) is 10.7. The quantitative estimate of drug-likeness (QED) is 0.438. The van der Waals surface area contributed by atoms with E-state index in [1.807, 2.05) is 11.8 Å². The second-order valence-electron chi connectivity index (χ2n) is 4.40. The molecular weight excluding hydrogens is 242 g/mol. The molecule has 0 aliphatic heterocycles. The fourth-order valence-electron chi connectivity index (χ4n) is 1.67. The zero-order valence-electron chi connectivity index (χ0n) is 12.0. The molecule has 0 saturated heterocycles. The van der Waals surface area contributed by atoms with Crippen LogP contribution >= 0.6 is 11.8 Å². The number of unbranched alkanes of at least 4 members (excludes halogenated alkanes) is 1. The van der Waals surface area contributed by atoms with E-state index in [0.29, 0.717) is 0 Å². The predicted molar refractivity (Wildman–Crippen MR) is 80.6 cm³/mol. The Kier molecular flexibility index (Phi) is 7.09. The first-order chi connectivity index (χ1) is 8.72. The first-order valence-electron chi connectivity index (χ1n) is 6.97. The number of hydrogen-bond acceptors (Lipinski definition) is 4. The van der Waals surface area contributed by atoms with Gasteiger partial charge >= 0.3 is 0 Å². The van der Waals surface area contributed by atoms with Gasteiger partial charge in [-0.15, -0.1) is 11.8 Å². The summed E-state index contributed by atoms with van der Waals surface area (Å²) < 4.78 is 0. The van der Waals surface area contributed by atoms with Crippen LogP contribution in [-0.4, -0.2) is 22.3 Å². The molecule has 18 heavy (non-hydrogen) atoms. The van der Waals surface area contributed by atoms with Crippen LogP contribution in [0.2, 0.25) is 0 Å². The molecule has 0 fully saturated rings. The Bertz CT molecular complexity index is 366. The Morgan fingerprint density at radius 1 is 1.11 bits per heavy atom. The Hall–Kier alpha value is -0.770. The van der Waals surface area contributed by atoms with Gasteiger partial charge < -0.3 is 5.32 Å². The molecule has 4 heteroatoms. The zero-order valence-corrected chi connectivity index (χ0v) is 12.9. The van der Waals surface area contributed by atoms with Gasteiger partial charge in [0.2, 0.25) is 0 Å². The van der Waals surface area contributed by atoms with Gasteiger partial charge in [-0.1, -0.05) is 20.3 Å². The van der Waals surface area contributed by atoms with E-state index < -0.39 is 0 Å². The number of nitrogens with one attached hydrogen (secondary N) is 1. The molecule has 1 heterocycles. The van der Waals surface area contributed by atoms with Crippen molar-refractivity contribution in [3.05, 3.63) is 11.4 Å². The van der Waals surface area contributed by atoms with E-state index in [0.717, 1.165) is 41.8 Å². The average molecular weight is 267 g/mol. The average Bonchev–Trinajstić information content (AvgIpc) is 2.35. The third kappa shape index (κ3) is 4.48. The van der Waals surface area contributed by atoms with Crippen LogP contribution in [0.3, 0.4) is 0 Å². The Morgan fingerprint density at radius 3 is 2.50 bits per heavy atom. The van der Waals surface area contributed by atoms with E-state index in [9.17, 15) is 0 Å². The minimum Gasteiger partial charge on any atom is -0.370 e. The molecule has 0 radical (unpaired) electrons. The van der Waals surface area contributed by atoms with Crippen LogP contribution in [0.5, 0.6) is 0 Å². The number of rotatable bonds is 8. The number of aromatic nitrogens is 2. The number of thioether (sulfide) groups is 1. The van der Waals surface area contributed by atoms with Crippen molar-refractivity contribution >= 4 is 17.6 Å². The lowest BCUT2D eigenvalue weighted by atomic mass is 10.3. The number of nitrogens with zero attached hydrogens (tertiary/aromatic N) is 2. The molecule has 102 valence electrons. The van der Waals surface area contributed by atoms with Crippen molar-refractivity contribution < 1.29 is 0 Å². The molecule has 0 unspecified atom stereocenters. The molecule has 1 aromatic rings. The van der Waals surface area contributed by atoms with Gasteiger partial charge in [-0.3, -0.25) is 0 Å². The van der Waals surface area contributed by atoms with E-state index in [2.05, 4.69) is 43.0 Å². The molecule has 0 atom stereocenters. The van der Waals surface area contributed by atoms with Crippen molar-refractivity contribution in [2.24, 2.45) is 0 Å². The predicted octanol–water partition coefficient (Wildman–Crippen LogP) is 4.06. The number of aryl methyl sites for hydroxylation is 1. The lowest BCUT2D eigenvalue weighted by molar-refractivity contribution is 0.801. The fourth-order valence-corrected chi connectivity index (χ4v) is 2.78. The molecular formula is C14H25N3S.